The van der Waals surface area contributed by atoms with E-state index in [1.54, 1.807) is 6.20 Å². The predicted molar refractivity (Wildman–Crippen MR) is 85.3 cm³/mol. The molecule has 1 aromatic heterocycles. The van der Waals surface area contributed by atoms with Crippen molar-refractivity contribution < 1.29 is 4.74 Å². The second-order valence-electron chi connectivity index (χ2n) is 5.09. The van der Waals surface area contributed by atoms with Gasteiger partial charge in [0.15, 0.2) is 0 Å². The minimum absolute atomic E-state index is 0.540. The molecule has 0 aliphatic heterocycles. The summed E-state index contributed by atoms with van der Waals surface area (Å²) in [7, 11) is 0. The molecular weight excluding hydrogens is 276 g/mol. The highest BCUT2D eigenvalue weighted by molar-refractivity contribution is 5.28. The molecule has 5 heteroatoms. The van der Waals surface area contributed by atoms with Crippen LogP contribution in [0.5, 0.6) is 5.75 Å². The van der Waals surface area contributed by atoms with Gasteiger partial charge in [-0.15, -0.1) is 0 Å². The number of imidazole rings is 1. The van der Waals surface area contributed by atoms with E-state index in [0.717, 1.165) is 38.2 Å². The maximum atomic E-state index is 8.49. The highest BCUT2D eigenvalue weighted by Gasteiger charge is 1.98. The van der Waals surface area contributed by atoms with Gasteiger partial charge in [0, 0.05) is 31.9 Å². The van der Waals surface area contributed by atoms with Gasteiger partial charge >= 0.3 is 0 Å². The molecule has 5 nitrogen and oxygen atoms in total. The standard InChI is InChI=1S/C17H22N4O/c18-7-1-2-12-22-17-6-3-5-16(13-17)14-19-8-4-10-21-11-9-20-15-21/h3,5-6,9,11,13,15,19H,1-2,4,8,10,12,14H2. The molecule has 1 heterocycles. The first-order chi connectivity index (χ1) is 10.9. The molecule has 0 saturated heterocycles. The third-order valence-corrected chi connectivity index (χ3v) is 3.26. The molecule has 0 radical (unpaired) electrons. The van der Waals surface area contributed by atoms with Crippen LogP contribution in [0, 0.1) is 11.3 Å². The molecule has 2 aromatic rings. The fourth-order valence-electron chi connectivity index (χ4n) is 2.12. The van der Waals surface area contributed by atoms with Gasteiger partial charge in [0.1, 0.15) is 5.75 Å². The molecule has 0 spiro atoms. The summed E-state index contributed by atoms with van der Waals surface area (Å²) in [5.41, 5.74) is 1.21. The number of unbranched alkanes of at least 4 members (excludes halogenated alkanes) is 1. The zero-order valence-electron chi connectivity index (χ0n) is 12.7. The number of nitrogens with zero attached hydrogens (tertiary/aromatic N) is 3. The molecule has 0 fully saturated rings. The smallest absolute Gasteiger partial charge is 0.119 e. The lowest BCUT2D eigenvalue weighted by molar-refractivity contribution is 0.312. The zero-order chi connectivity index (χ0) is 15.5. The van der Waals surface area contributed by atoms with Gasteiger partial charge in [0.05, 0.1) is 19.0 Å². The number of nitrogens with one attached hydrogen (secondary N) is 1. The van der Waals surface area contributed by atoms with E-state index >= 15 is 0 Å². The first kappa shape index (κ1) is 16.1. The van der Waals surface area contributed by atoms with Gasteiger partial charge in [-0.25, -0.2) is 4.98 Å². The predicted octanol–water partition coefficient (Wildman–Crippen LogP) is 2.75. The molecule has 0 bridgehead atoms. The highest BCUT2D eigenvalue weighted by atomic mass is 16.5. The fourth-order valence-corrected chi connectivity index (χ4v) is 2.12. The molecule has 0 saturated carbocycles. The number of aryl methyl sites for hydroxylation is 1. The van der Waals surface area contributed by atoms with E-state index in [2.05, 4.69) is 33.1 Å². The Morgan fingerprint density at radius 1 is 1.32 bits per heavy atom. The summed E-state index contributed by atoms with van der Waals surface area (Å²) >= 11 is 0. The van der Waals surface area contributed by atoms with Crippen molar-refractivity contribution in [3.63, 3.8) is 0 Å². The van der Waals surface area contributed by atoms with E-state index in [1.807, 2.05) is 24.7 Å². The van der Waals surface area contributed by atoms with Crippen LogP contribution in [-0.4, -0.2) is 22.7 Å². The van der Waals surface area contributed by atoms with Gasteiger partial charge in [0.25, 0.3) is 0 Å². The number of hydrogen-bond acceptors (Lipinski definition) is 4. The normalized spacial score (nSPS) is 10.3. The molecule has 0 aliphatic carbocycles. The summed E-state index contributed by atoms with van der Waals surface area (Å²) in [5, 5.41) is 11.9. The molecule has 116 valence electrons. The summed E-state index contributed by atoms with van der Waals surface area (Å²) < 4.78 is 7.72. The number of hydrogen-bond donors (Lipinski definition) is 1. The fraction of sp³-hybridized carbons (Fsp3) is 0.412. The van der Waals surface area contributed by atoms with Crippen LogP contribution in [0.25, 0.3) is 0 Å². The molecule has 2 rings (SSSR count). The summed E-state index contributed by atoms with van der Waals surface area (Å²) in [4.78, 5) is 4.03. The third kappa shape index (κ3) is 5.98. The van der Waals surface area contributed by atoms with Gasteiger partial charge in [-0.2, -0.15) is 5.26 Å². The molecule has 1 aromatic carbocycles. The van der Waals surface area contributed by atoms with Crippen LogP contribution in [0.2, 0.25) is 0 Å². The van der Waals surface area contributed by atoms with E-state index in [9.17, 15) is 0 Å². The molecule has 1 N–H and O–H groups in total. The van der Waals surface area contributed by atoms with Gasteiger partial charge in [0.2, 0.25) is 0 Å². The van der Waals surface area contributed by atoms with E-state index < -0.39 is 0 Å². The number of nitriles is 1. The van der Waals surface area contributed by atoms with E-state index in [-0.39, 0.29) is 0 Å². The van der Waals surface area contributed by atoms with Gasteiger partial charge in [-0.3, -0.25) is 0 Å². The summed E-state index contributed by atoms with van der Waals surface area (Å²) in [6.45, 7) is 3.37. The lowest BCUT2D eigenvalue weighted by Gasteiger charge is -2.08. The lowest BCUT2D eigenvalue weighted by Crippen LogP contribution is -2.16. The largest absolute Gasteiger partial charge is 0.494 e. The van der Waals surface area contributed by atoms with Crippen LogP contribution in [0.15, 0.2) is 43.0 Å². The van der Waals surface area contributed by atoms with Crippen LogP contribution in [0.3, 0.4) is 0 Å². The first-order valence-corrected chi connectivity index (χ1v) is 7.63. The number of aromatic nitrogens is 2. The van der Waals surface area contributed by atoms with Crippen molar-refractivity contribution in [3.8, 4) is 11.8 Å². The Bertz CT molecular complexity index is 575. The van der Waals surface area contributed by atoms with Crippen molar-refractivity contribution in [1.29, 1.82) is 5.26 Å². The Balaban J connectivity index is 1.63. The quantitative estimate of drug-likeness (QED) is 0.685. The Hall–Kier alpha value is -2.32. The SMILES string of the molecule is N#CCCCOc1cccc(CNCCCn2ccnc2)c1. The van der Waals surface area contributed by atoms with Crippen molar-refractivity contribution in [1.82, 2.24) is 14.9 Å². The number of rotatable bonds is 10. The monoisotopic (exact) mass is 298 g/mol. The van der Waals surface area contributed by atoms with E-state index in [4.69, 9.17) is 10.00 Å². The second-order valence-corrected chi connectivity index (χ2v) is 5.09. The Morgan fingerprint density at radius 3 is 3.09 bits per heavy atom. The van der Waals surface area contributed by atoms with Crippen molar-refractivity contribution in [2.45, 2.75) is 32.4 Å². The maximum absolute atomic E-state index is 8.49. The minimum Gasteiger partial charge on any atom is -0.494 e. The van der Waals surface area contributed by atoms with Gasteiger partial charge < -0.3 is 14.6 Å². The average molecular weight is 298 g/mol. The average Bonchev–Trinajstić information content (AvgIpc) is 3.05. The van der Waals surface area contributed by atoms with Crippen molar-refractivity contribution in [2.24, 2.45) is 0 Å². The van der Waals surface area contributed by atoms with Gasteiger partial charge in [-0.05, 0) is 37.1 Å². The van der Waals surface area contributed by atoms with Crippen LogP contribution < -0.4 is 10.1 Å². The molecule has 0 amide bonds. The lowest BCUT2D eigenvalue weighted by atomic mass is 10.2. The summed E-state index contributed by atoms with van der Waals surface area (Å²) in [6, 6.07) is 10.2. The summed E-state index contributed by atoms with van der Waals surface area (Å²) in [6.07, 6.45) is 8.00. The van der Waals surface area contributed by atoms with Crippen LogP contribution >= 0.6 is 0 Å². The maximum Gasteiger partial charge on any atom is 0.119 e. The zero-order valence-corrected chi connectivity index (χ0v) is 12.7. The van der Waals surface area contributed by atoms with Crippen LogP contribution in [0.4, 0.5) is 0 Å². The molecule has 0 unspecified atom stereocenters. The summed E-state index contributed by atoms with van der Waals surface area (Å²) in [5.74, 6) is 0.871. The molecule has 0 aliphatic rings. The van der Waals surface area contributed by atoms with E-state index in [1.165, 1.54) is 5.56 Å². The number of benzene rings is 1. The first-order valence-electron chi connectivity index (χ1n) is 7.63. The molecule has 22 heavy (non-hydrogen) atoms. The minimum atomic E-state index is 0.540. The van der Waals surface area contributed by atoms with Crippen molar-refractivity contribution in [2.75, 3.05) is 13.2 Å². The Morgan fingerprint density at radius 2 is 2.27 bits per heavy atom. The van der Waals surface area contributed by atoms with Crippen molar-refractivity contribution in [3.05, 3.63) is 48.5 Å². The Kier molecular flexibility index (Phi) is 7.00. The third-order valence-electron chi connectivity index (χ3n) is 3.26. The van der Waals surface area contributed by atoms with Crippen molar-refractivity contribution >= 4 is 0 Å². The van der Waals surface area contributed by atoms with Gasteiger partial charge in [-0.1, -0.05) is 12.1 Å². The molecule has 0 atom stereocenters. The highest BCUT2D eigenvalue weighted by Crippen LogP contribution is 2.13. The topological polar surface area (TPSA) is 62.9 Å². The second kappa shape index (κ2) is 9.59. The molecular formula is C17H22N4O. The Labute approximate surface area is 131 Å². The number of ether oxygens (including phenoxy) is 1. The van der Waals surface area contributed by atoms with Crippen LogP contribution in [0.1, 0.15) is 24.8 Å². The van der Waals surface area contributed by atoms with E-state index in [0.29, 0.717) is 13.0 Å². The van der Waals surface area contributed by atoms with Crippen LogP contribution in [-0.2, 0) is 13.1 Å².